The first-order valence-corrected chi connectivity index (χ1v) is 6.13. The summed E-state index contributed by atoms with van der Waals surface area (Å²) < 4.78 is 19.6. The van der Waals surface area contributed by atoms with Gasteiger partial charge in [0.15, 0.2) is 0 Å². The van der Waals surface area contributed by atoms with Gasteiger partial charge in [-0.25, -0.2) is 14.4 Å². The summed E-state index contributed by atoms with van der Waals surface area (Å²) in [6.45, 7) is 0. The predicted octanol–water partition coefficient (Wildman–Crippen LogP) is 3.78. The molecule has 0 radical (unpaired) electrons. The van der Waals surface area contributed by atoms with Crippen molar-refractivity contribution in [3.05, 3.63) is 44.5 Å². The van der Waals surface area contributed by atoms with Crippen molar-refractivity contribution in [2.75, 3.05) is 0 Å². The Morgan fingerprint density at radius 1 is 1.25 bits per heavy atom. The maximum atomic E-state index is 13.0. The quantitative estimate of drug-likeness (QED) is 0.727. The molecular formula is C10H5BrFIN2O. The lowest BCUT2D eigenvalue weighted by Crippen LogP contribution is -1.92. The van der Waals surface area contributed by atoms with E-state index in [0.717, 1.165) is 3.57 Å². The summed E-state index contributed by atoms with van der Waals surface area (Å²) in [6.07, 6.45) is 3.28. The van der Waals surface area contributed by atoms with Crippen LogP contribution < -0.4 is 4.74 Å². The Morgan fingerprint density at radius 2 is 1.94 bits per heavy atom. The molecule has 0 amide bonds. The maximum Gasteiger partial charge on any atom is 0.321 e. The standard InChI is InChI=1S/C10H5BrFIN2O/c11-8-3-7(1-2-9(8)12)16-10-14-4-6(13)5-15-10/h1-5H. The van der Waals surface area contributed by atoms with Crippen molar-refractivity contribution in [3.63, 3.8) is 0 Å². The Morgan fingerprint density at radius 3 is 2.56 bits per heavy atom. The van der Waals surface area contributed by atoms with Crippen LogP contribution in [0.15, 0.2) is 35.1 Å². The SMILES string of the molecule is Fc1ccc(Oc2ncc(I)cn2)cc1Br. The monoisotopic (exact) mass is 394 g/mol. The van der Waals surface area contributed by atoms with Crippen molar-refractivity contribution < 1.29 is 9.13 Å². The lowest BCUT2D eigenvalue weighted by atomic mass is 10.3. The minimum absolute atomic E-state index is 0.235. The third kappa shape index (κ3) is 2.88. The van der Waals surface area contributed by atoms with Crippen LogP contribution in [0.4, 0.5) is 4.39 Å². The Labute approximate surface area is 113 Å². The minimum Gasteiger partial charge on any atom is -0.424 e. The Bertz CT molecular complexity index is 507. The van der Waals surface area contributed by atoms with Crippen LogP contribution >= 0.6 is 38.5 Å². The molecule has 0 aliphatic heterocycles. The molecule has 2 rings (SSSR count). The molecule has 0 spiro atoms. The van der Waals surface area contributed by atoms with Crippen LogP contribution in [0.2, 0.25) is 0 Å². The zero-order chi connectivity index (χ0) is 11.5. The molecule has 0 atom stereocenters. The largest absolute Gasteiger partial charge is 0.424 e. The molecule has 0 aliphatic rings. The predicted molar refractivity (Wildman–Crippen MR) is 68.9 cm³/mol. The van der Waals surface area contributed by atoms with Crippen molar-refractivity contribution in [3.8, 4) is 11.8 Å². The lowest BCUT2D eigenvalue weighted by molar-refractivity contribution is 0.439. The van der Waals surface area contributed by atoms with Gasteiger partial charge in [0, 0.05) is 16.0 Å². The third-order valence-electron chi connectivity index (χ3n) is 1.70. The van der Waals surface area contributed by atoms with Gasteiger partial charge < -0.3 is 4.74 Å². The second-order valence-electron chi connectivity index (χ2n) is 2.86. The van der Waals surface area contributed by atoms with Gasteiger partial charge in [-0.1, -0.05) is 0 Å². The van der Waals surface area contributed by atoms with Gasteiger partial charge in [-0.15, -0.1) is 0 Å². The summed E-state index contributed by atoms with van der Waals surface area (Å²) >= 11 is 5.17. The van der Waals surface area contributed by atoms with E-state index in [1.807, 2.05) is 0 Å². The maximum absolute atomic E-state index is 13.0. The second kappa shape index (κ2) is 5.05. The summed E-state index contributed by atoms with van der Waals surface area (Å²) in [7, 11) is 0. The van der Waals surface area contributed by atoms with E-state index < -0.39 is 0 Å². The molecule has 82 valence electrons. The van der Waals surface area contributed by atoms with Gasteiger partial charge in [0.05, 0.1) is 4.47 Å². The molecule has 0 aliphatic carbocycles. The topological polar surface area (TPSA) is 35.0 Å². The molecule has 3 nitrogen and oxygen atoms in total. The lowest BCUT2D eigenvalue weighted by Gasteiger charge is -2.03. The fraction of sp³-hybridized carbons (Fsp3) is 0. The Hall–Kier alpha value is -0.760. The molecule has 16 heavy (non-hydrogen) atoms. The molecule has 0 saturated carbocycles. The third-order valence-corrected chi connectivity index (χ3v) is 2.86. The first kappa shape index (κ1) is 11.7. The highest BCUT2D eigenvalue weighted by molar-refractivity contribution is 14.1. The number of rotatable bonds is 2. The van der Waals surface area contributed by atoms with E-state index >= 15 is 0 Å². The van der Waals surface area contributed by atoms with Crippen LogP contribution in [0.25, 0.3) is 0 Å². The van der Waals surface area contributed by atoms with E-state index in [-0.39, 0.29) is 11.8 Å². The van der Waals surface area contributed by atoms with Crippen LogP contribution in [0.3, 0.4) is 0 Å². The highest BCUT2D eigenvalue weighted by Gasteiger charge is 2.04. The normalized spacial score (nSPS) is 10.2. The minimum atomic E-state index is -0.337. The van der Waals surface area contributed by atoms with Crippen LogP contribution in [0.5, 0.6) is 11.8 Å². The Balaban J connectivity index is 2.20. The molecule has 1 aromatic heterocycles. The highest BCUT2D eigenvalue weighted by atomic mass is 127. The molecule has 1 aromatic carbocycles. The average Bonchev–Trinajstić information content (AvgIpc) is 2.27. The summed E-state index contributed by atoms with van der Waals surface area (Å²) in [5.41, 5.74) is 0. The fourth-order valence-corrected chi connectivity index (χ4v) is 1.64. The summed E-state index contributed by atoms with van der Waals surface area (Å²) in [5.74, 6) is 0.144. The van der Waals surface area contributed by atoms with Crippen molar-refractivity contribution in [2.24, 2.45) is 0 Å². The van der Waals surface area contributed by atoms with Crippen molar-refractivity contribution in [2.45, 2.75) is 0 Å². The average molecular weight is 395 g/mol. The molecule has 6 heteroatoms. The van der Waals surface area contributed by atoms with E-state index in [2.05, 4.69) is 48.5 Å². The van der Waals surface area contributed by atoms with E-state index in [4.69, 9.17) is 4.74 Å². The van der Waals surface area contributed by atoms with Gasteiger partial charge in [0.25, 0.3) is 0 Å². The molecule has 0 fully saturated rings. The zero-order valence-electron chi connectivity index (χ0n) is 7.82. The molecule has 0 N–H and O–H groups in total. The van der Waals surface area contributed by atoms with E-state index in [9.17, 15) is 4.39 Å². The van der Waals surface area contributed by atoms with Crippen LogP contribution in [-0.4, -0.2) is 9.97 Å². The van der Waals surface area contributed by atoms with E-state index in [1.54, 1.807) is 12.4 Å². The van der Waals surface area contributed by atoms with E-state index in [1.165, 1.54) is 18.2 Å². The van der Waals surface area contributed by atoms with Gasteiger partial charge in [-0.3, -0.25) is 0 Å². The van der Waals surface area contributed by atoms with Crippen molar-refractivity contribution >= 4 is 38.5 Å². The number of aromatic nitrogens is 2. The fourth-order valence-electron chi connectivity index (χ4n) is 0.999. The summed E-state index contributed by atoms with van der Waals surface area (Å²) in [5, 5.41) is 0. The first-order valence-electron chi connectivity index (χ1n) is 4.25. The number of halogens is 3. The molecule has 1 heterocycles. The molecule has 0 bridgehead atoms. The summed E-state index contributed by atoms with van der Waals surface area (Å²) in [4.78, 5) is 7.95. The zero-order valence-corrected chi connectivity index (χ0v) is 11.6. The van der Waals surface area contributed by atoms with Crippen LogP contribution in [-0.2, 0) is 0 Å². The Kier molecular flexibility index (Phi) is 3.70. The number of benzene rings is 1. The van der Waals surface area contributed by atoms with Gasteiger partial charge >= 0.3 is 6.01 Å². The molecular weight excluding hydrogens is 390 g/mol. The van der Waals surface area contributed by atoms with Gasteiger partial charge in [-0.05, 0) is 56.7 Å². The van der Waals surface area contributed by atoms with Gasteiger partial charge in [-0.2, -0.15) is 0 Å². The molecule has 2 aromatic rings. The molecule has 0 unspecified atom stereocenters. The number of nitrogens with zero attached hydrogens (tertiary/aromatic N) is 2. The van der Waals surface area contributed by atoms with Crippen LogP contribution in [0, 0.1) is 9.39 Å². The van der Waals surface area contributed by atoms with Crippen molar-refractivity contribution in [1.29, 1.82) is 0 Å². The summed E-state index contributed by atoms with van der Waals surface area (Å²) in [6, 6.07) is 4.59. The van der Waals surface area contributed by atoms with E-state index in [0.29, 0.717) is 10.2 Å². The first-order chi connectivity index (χ1) is 7.65. The number of hydrogen-bond acceptors (Lipinski definition) is 3. The van der Waals surface area contributed by atoms with Crippen molar-refractivity contribution in [1.82, 2.24) is 9.97 Å². The van der Waals surface area contributed by atoms with Crippen LogP contribution in [0.1, 0.15) is 0 Å². The number of hydrogen-bond donors (Lipinski definition) is 0. The second-order valence-corrected chi connectivity index (χ2v) is 4.96. The smallest absolute Gasteiger partial charge is 0.321 e. The highest BCUT2D eigenvalue weighted by Crippen LogP contribution is 2.24. The number of ether oxygens (including phenoxy) is 1. The molecule has 0 saturated heterocycles. The van der Waals surface area contributed by atoms with Gasteiger partial charge in [0.1, 0.15) is 11.6 Å². The van der Waals surface area contributed by atoms with Gasteiger partial charge in [0.2, 0.25) is 0 Å².